The van der Waals surface area contributed by atoms with Gasteiger partial charge < -0.3 is 9.13 Å². The van der Waals surface area contributed by atoms with E-state index in [2.05, 4.69) is 197 Å². The third-order valence-electron chi connectivity index (χ3n) is 12.0. The Kier molecular flexibility index (Phi) is 8.42. The molecule has 290 valence electrons. The van der Waals surface area contributed by atoms with E-state index in [1.165, 1.54) is 16.2 Å². The molecule has 0 aliphatic carbocycles. The zero-order valence-electron chi connectivity index (χ0n) is 33.6. The van der Waals surface area contributed by atoms with Gasteiger partial charge in [0.1, 0.15) is 0 Å². The highest BCUT2D eigenvalue weighted by molar-refractivity contribution is 6.20. The van der Waals surface area contributed by atoms with Crippen molar-refractivity contribution in [3.63, 3.8) is 0 Å². The summed E-state index contributed by atoms with van der Waals surface area (Å²) < 4.78 is 4.78. The number of hydrogen-bond donors (Lipinski definition) is 0. The molecule has 0 fully saturated rings. The maximum Gasteiger partial charge on any atom is 0.165 e. The van der Waals surface area contributed by atoms with Gasteiger partial charge in [0.2, 0.25) is 0 Å². The molecule has 5 nitrogen and oxygen atoms in total. The zero-order valence-corrected chi connectivity index (χ0v) is 33.6. The summed E-state index contributed by atoms with van der Waals surface area (Å²) in [6.45, 7) is 0. The predicted octanol–water partition coefficient (Wildman–Crippen LogP) is 14.4. The van der Waals surface area contributed by atoms with Gasteiger partial charge in [-0.05, 0) is 71.3 Å². The Morgan fingerprint density at radius 3 is 1.29 bits per heavy atom. The second-order valence-electron chi connectivity index (χ2n) is 15.6. The van der Waals surface area contributed by atoms with Crippen molar-refractivity contribution in [2.75, 3.05) is 0 Å². The van der Waals surface area contributed by atoms with E-state index < -0.39 is 0 Å². The first-order valence-corrected chi connectivity index (χ1v) is 21.0. The van der Waals surface area contributed by atoms with E-state index in [1.54, 1.807) is 0 Å². The fourth-order valence-electron chi connectivity index (χ4n) is 9.23. The minimum absolute atomic E-state index is 0.602. The molecule has 0 atom stereocenters. The Morgan fingerprint density at radius 2 is 0.710 bits per heavy atom. The van der Waals surface area contributed by atoms with Crippen LogP contribution in [0.25, 0.3) is 111 Å². The fourth-order valence-corrected chi connectivity index (χ4v) is 9.23. The van der Waals surface area contributed by atoms with E-state index in [1.807, 2.05) is 36.4 Å². The Bertz CT molecular complexity index is 3540. The molecule has 62 heavy (non-hydrogen) atoms. The molecule has 0 aliphatic rings. The first-order valence-electron chi connectivity index (χ1n) is 21.0. The van der Waals surface area contributed by atoms with Crippen LogP contribution in [0.4, 0.5) is 0 Å². The van der Waals surface area contributed by atoms with E-state index in [0.29, 0.717) is 17.5 Å². The minimum atomic E-state index is 0.602. The van der Waals surface area contributed by atoms with Gasteiger partial charge in [0, 0.05) is 55.2 Å². The summed E-state index contributed by atoms with van der Waals surface area (Å²) in [7, 11) is 0. The second kappa shape index (κ2) is 14.7. The second-order valence-corrected chi connectivity index (χ2v) is 15.6. The monoisotopic (exact) mass is 791 g/mol. The van der Waals surface area contributed by atoms with Crippen LogP contribution in [0.15, 0.2) is 224 Å². The topological polar surface area (TPSA) is 48.5 Å². The molecule has 0 spiro atoms. The highest BCUT2D eigenvalue weighted by Gasteiger charge is 2.27. The van der Waals surface area contributed by atoms with Crippen molar-refractivity contribution in [1.29, 1.82) is 0 Å². The van der Waals surface area contributed by atoms with Crippen molar-refractivity contribution in [2.45, 2.75) is 0 Å². The summed E-state index contributed by atoms with van der Waals surface area (Å²) in [6, 6.07) is 79.3. The van der Waals surface area contributed by atoms with E-state index in [4.69, 9.17) is 15.0 Å². The fraction of sp³-hybridized carbons (Fsp3) is 0. The molecule has 3 heterocycles. The molecule has 3 aromatic heterocycles. The highest BCUT2D eigenvalue weighted by Crippen LogP contribution is 2.49. The van der Waals surface area contributed by atoms with Gasteiger partial charge in [-0.2, -0.15) is 0 Å². The van der Waals surface area contributed by atoms with Crippen LogP contribution in [0.3, 0.4) is 0 Å². The Hall–Kier alpha value is -8.41. The van der Waals surface area contributed by atoms with Crippen molar-refractivity contribution in [2.24, 2.45) is 0 Å². The Labute approximate surface area is 358 Å². The number of nitrogens with zero attached hydrogens (tertiary/aromatic N) is 5. The van der Waals surface area contributed by atoms with Crippen LogP contribution in [-0.4, -0.2) is 24.1 Å². The lowest BCUT2D eigenvalue weighted by Gasteiger charge is -2.20. The van der Waals surface area contributed by atoms with Gasteiger partial charge in [-0.25, -0.2) is 15.0 Å². The van der Waals surface area contributed by atoms with E-state index >= 15 is 0 Å². The normalized spacial score (nSPS) is 11.5. The third kappa shape index (κ3) is 5.82. The van der Waals surface area contributed by atoms with Crippen LogP contribution in [0, 0.1) is 0 Å². The molecule has 9 aromatic carbocycles. The zero-order chi connectivity index (χ0) is 41.0. The average Bonchev–Trinajstić information content (AvgIpc) is 3.87. The molecule has 12 aromatic rings. The molecule has 12 rings (SSSR count). The lowest BCUT2D eigenvalue weighted by molar-refractivity contribution is 1.07. The molecule has 5 heteroatoms. The van der Waals surface area contributed by atoms with Gasteiger partial charge in [-0.3, -0.25) is 0 Å². The number of benzene rings is 9. The molecule has 0 saturated carbocycles. The molecule has 0 N–H and O–H groups in total. The Balaban J connectivity index is 1.27. The highest BCUT2D eigenvalue weighted by atomic mass is 15.0. The van der Waals surface area contributed by atoms with Crippen molar-refractivity contribution in [3.05, 3.63) is 224 Å². The number of aromatic nitrogens is 5. The predicted molar refractivity (Wildman–Crippen MR) is 256 cm³/mol. The summed E-state index contributed by atoms with van der Waals surface area (Å²) in [5, 5.41) is 4.68. The van der Waals surface area contributed by atoms with E-state index in [0.717, 1.165) is 77.8 Å². The molecule has 0 saturated heterocycles. The number of hydrogen-bond acceptors (Lipinski definition) is 3. The van der Waals surface area contributed by atoms with Gasteiger partial charge in [0.05, 0.1) is 22.1 Å². The summed E-state index contributed by atoms with van der Waals surface area (Å²) in [4.78, 5) is 16.1. The van der Waals surface area contributed by atoms with E-state index in [-0.39, 0.29) is 0 Å². The number of para-hydroxylation sites is 4. The standard InChI is InChI=1S/C57H37N5/c1-6-20-38(21-7-1)52-53(57-59-55(39-22-8-2-9-23-39)58-56(60-57)40-24-10-3-11-25-40)46(37-48-45-31-17-19-33-50(45)62(54(48)52)43-28-14-5-15-29-43)41-34-35-51-47(36-41)44-30-16-18-32-49(44)61(51)42-26-12-4-13-27-42/h1-37H. The van der Waals surface area contributed by atoms with Crippen molar-refractivity contribution < 1.29 is 0 Å². The summed E-state index contributed by atoms with van der Waals surface area (Å²) in [5.41, 5.74) is 13.7. The molecule has 0 unspecified atom stereocenters. The van der Waals surface area contributed by atoms with Crippen LogP contribution in [0.2, 0.25) is 0 Å². The average molecular weight is 792 g/mol. The van der Waals surface area contributed by atoms with Crippen molar-refractivity contribution >= 4 is 43.6 Å². The SMILES string of the molecule is c1ccc(-c2nc(-c3ccccc3)nc(-c3c(-c4ccc5c(c4)c4ccccc4n5-c4ccccc4)cc4c5ccccc5n(-c5ccccc5)c4c3-c3ccccc3)n2)cc1. The van der Waals surface area contributed by atoms with Crippen LogP contribution < -0.4 is 0 Å². The molecular formula is C57H37N5. The third-order valence-corrected chi connectivity index (χ3v) is 12.0. The van der Waals surface area contributed by atoms with Gasteiger partial charge in [0.25, 0.3) is 0 Å². The first kappa shape index (κ1) is 35.5. The maximum absolute atomic E-state index is 5.46. The van der Waals surface area contributed by atoms with E-state index in [9.17, 15) is 0 Å². The number of fused-ring (bicyclic) bond motifs is 6. The van der Waals surface area contributed by atoms with Gasteiger partial charge in [-0.1, -0.05) is 170 Å². The van der Waals surface area contributed by atoms with Crippen LogP contribution >= 0.6 is 0 Å². The minimum Gasteiger partial charge on any atom is -0.309 e. The number of rotatable bonds is 7. The summed E-state index contributed by atoms with van der Waals surface area (Å²) in [5.74, 6) is 1.83. The Morgan fingerprint density at radius 1 is 0.274 bits per heavy atom. The van der Waals surface area contributed by atoms with Crippen molar-refractivity contribution in [1.82, 2.24) is 24.1 Å². The molecule has 0 amide bonds. The summed E-state index contributed by atoms with van der Waals surface area (Å²) >= 11 is 0. The molecule has 0 radical (unpaired) electrons. The first-order chi connectivity index (χ1) is 30.8. The van der Waals surface area contributed by atoms with Gasteiger partial charge in [-0.15, -0.1) is 0 Å². The van der Waals surface area contributed by atoms with Crippen LogP contribution in [0.5, 0.6) is 0 Å². The maximum atomic E-state index is 5.46. The van der Waals surface area contributed by atoms with Gasteiger partial charge >= 0.3 is 0 Å². The molecule has 0 aliphatic heterocycles. The van der Waals surface area contributed by atoms with Crippen LogP contribution in [0.1, 0.15) is 0 Å². The lowest BCUT2D eigenvalue weighted by atomic mass is 9.88. The summed E-state index contributed by atoms with van der Waals surface area (Å²) in [6.07, 6.45) is 0. The van der Waals surface area contributed by atoms with Crippen LogP contribution in [-0.2, 0) is 0 Å². The lowest BCUT2D eigenvalue weighted by Crippen LogP contribution is -2.04. The van der Waals surface area contributed by atoms with Crippen molar-refractivity contribution in [3.8, 4) is 67.8 Å². The molecular weight excluding hydrogens is 755 g/mol. The quantitative estimate of drug-likeness (QED) is 0.162. The smallest absolute Gasteiger partial charge is 0.165 e. The van der Waals surface area contributed by atoms with Gasteiger partial charge in [0.15, 0.2) is 17.5 Å². The molecule has 0 bridgehead atoms. The largest absolute Gasteiger partial charge is 0.309 e.